The van der Waals surface area contributed by atoms with Crippen LogP contribution in [0.15, 0.2) is 42.3 Å². The second-order valence-electron chi connectivity index (χ2n) is 19.7. The number of unbranched alkanes of at least 4 members (excludes halogenated alkanes) is 13. The Bertz CT molecular complexity index is 1460. The molecule has 0 saturated heterocycles. The number of hydrogen-bond acceptors (Lipinski definition) is 6. The fourth-order valence-electron chi connectivity index (χ4n) is 10.7. The number of ether oxygens (including phenoxy) is 2. The third-order valence-corrected chi connectivity index (χ3v) is 14.5. The van der Waals surface area contributed by atoms with Gasteiger partial charge in [-0.2, -0.15) is 0 Å². The van der Waals surface area contributed by atoms with Crippen molar-refractivity contribution in [1.29, 1.82) is 0 Å². The topological polar surface area (TPSA) is 94.6 Å². The standard InChI is InChI=1S/C46H70N2O4.C5H12O.C2H6/c1-4-5-6-7-8-9-10-11-12-13-14-15-16-17-20-37(34-49)48-43(50)25-26-44(51)52-38-27-29-45(2)36(32-38)21-22-39-41-24-23-40(35-19-18-31-47-33-35)46(41,3)30-28-42(39)45;1-5(2,3)6-4;1-2/h18-19,21,23,31,33-34,37-39,41-42H,4-17,20,22,24-30,32H2,1-3H3,(H,48,50);1-4H3;1-2H3/t37?,38?,39?,41?,42-,45?,46?;;/m0../s1. The molecule has 2 saturated carbocycles. The van der Waals surface area contributed by atoms with E-state index >= 15 is 0 Å². The Kier molecular flexibility index (Phi) is 22.9. The van der Waals surface area contributed by atoms with Crippen LogP contribution in [0.4, 0.5) is 0 Å². The molecule has 5 rings (SSSR count). The molecule has 60 heavy (non-hydrogen) atoms. The van der Waals surface area contributed by atoms with Crippen LogP contribution in [0.2, 0.25) is 0 Å². The van der Waals surface area contributed by atoms with Gasteiger partial charge in [0.05, 0.1) is 18.1 Å². The molecule has 340 valence electrons. The molecule has 7 atom stereocenters. The first-order chi connectivity index (χ1) is 28.8. The highest BCUT2D eigenvalue weighted by atomic mass is 16.5. The Morgan fingerprint density at radius 1 is 0.850 bits per heavy atom. The Morgan fingerprint density at radius 3 is 2.02 bits per heavy atom. The summed E-state index contributed by atoms with van der Waals surface area (Å²) in [6, 6.07) is 3.80. The van der Waals surface area contributed by atoms with E-state index in [-0.39, 0.29) is 47.3 Å². The minimum atomic E-state index is -0.474. The van der Waals surface area contributed by atoms with Gasteiger partial charge < -0.3 is 19.6 Å². The number of aromatic nitrogens is 1. The van der Waals surface area contributed by atoms with E-state index in [0.717, 1.165) is 51.2 Å². The number of amides is 1. The molecular weight excluding hydrogens is 745 g/mol. The first-order valence-corrected chi connectivity index (χ1v) is 24.6. The van der Waals surface area contributed by atoms with E-state index in [1.807, 2.05) is 47.0 Å². The van der Waals surface area contributed by atoms with Crippen molar-refractivity contribution in [1.82, 2.24) is 10.3 Å². The van der Waals surface area contributed by atoms with E-state index in [2.05, 4.69) is 55.4 Å². The summed E-state index contributed by atoms with van der Waals surface area (Å²) in [5.74, 6) is 1.47. The molecule has 4 aliphatic carbocycles. The van der Waals surface area contributed by atoms with Gasteiger partial charge in [0, 0.05) is 32.3 Å². The van der Waals surface area contributed by atoms with Gasteiger partial charge in [0.2, 0.25) is 5.91 Å². The van der Waals surface area contributed by atoms with Gasteiger partial charge in [-0.15, -0.1) is 0 Å². The zero-order valence-electron chi connectivity index (χ0n) is 39.9. The van der Waals surface area contributed by atoms with Crippen molar-refractivity contribution in [2.45, 2.75) is 227 Å². The third kappa shape index (κ3) is 15.8. The van der Waals surface area contributed by atoms with Crippen LogP contribution >= 0.6 is 0 Å². The zero-order valence-corrected chi connectivity index (χ0v) is 39.9. The molecule has 7 heteroatoms. The number of fused-ring (bicyclic) bond motifs is 5. The van der Waals surface area contributed by atoms with Crippen LogP contribution in [0.25, 0.3) is 5.57 Å². The number of rotatable bonds is 22. The average molecular weight is 833 g/mol. The predicted octanol–water partition coefficient (Wildman–Crippen LogP) is 13.7. The van der Waals surface area contributed by atoms with Crippen molar-refractivity contribution < 1.29 is 23.9 Å². The van der Waals surface area contributed by atoms with Crippen molar-refractivity contribution in [3.8, 4) is 0 Å². The number of nitrogens with one attached hydrogen (secondary N) is 1. The van der Waals surface area contributed by atoms with Crippen molar-refractivity contribution in [3.05, 3.63) is 47.8 Å². The molecule has 1 heterocycles. The highest BCUT2D eigenvalue weighted by molar-refractivity contribution is 5.83. The maximum absolute atomic E-state index is 12.9. The molecule has 4 aliphatic rings. The maximum atomic E-state index is 12.9. The number of hydrogen-bond donors (Lipinski definition) is 1. The number of methoxy groups -OCH3 is 1. The minimum absolute atomic E-state index is 0.0417. The summed E-state index contributed by atoms with van der Waals surface area (Å²) in [4.78, 5) is 41.6. The molecule has 1 N–H and O–H groups in total. The normalized spacial score (nSPS) is 25.9. The summed E-state index contributed by atoms with van der Waals surface area (Å²) in [6.45, 7) is 17.3. The van der Waals surface area contributed by atoms with Gasteiger partial charge in [-0.1, -0.05) is 148 Å². The lowest BCUT2D eigenvalue weighted by atomic mass is 9.47. The van der Waals surface area contributed by atoms with Crippen molar-refractivity contribution in [2.75, 3.05) is 7.11 Å². The molecule has 0 radical (unpaired) electrons. The van der Waals surface area contributed by atoms with Crippen LogP contribution in [0.1, 0.15) is 215 Å². The molecule has 0 aliphatic heterocycles. The summed E-state index contributed by atoms with van der Waals surface area (Å²) in [7, 11) is 1.71. The lowest BCUT2D eigenvalue weighted by molar-refractivity contribution is -0.152. The van der Waals surface area contributed by atoms with Crippen LogP contribution in [0, 0.1) is 28.6 Å². The largest absolute Gasteiger partial charge is 0.462 e. The van der Waals surface area contributed by atoms with Gasteiger partial charge in [0.1, 0.15) is 12.4 Å². The van der Waals surface area contributed by atoms with Gasteiger partial charge in [0.15, 0.2) is 0 Å². The second kappa shape index (κ2) is 26.6. The summed E-state index contributed by atoms with van der Waals surface area (Å²) < 4.78 is 10.9. The van der Waals surface area contributed by atoms with Gasteiger partial charge in [-0.25, -0.2) is 0 Å². The van der Waals surface area contributed by atoms with Gasteiger partial charge in [0.25, 0.3) is 0 Å². The number of carbonyl (C=O) groups excluding carboxylic acids is 3. The highest BCUT2D eigenvalue weighted by Crippen LogP contribution is 2.66. The number of pyridine rings is 1. The number of esters is 1. The van der Waals surface area contributed by atoms with E-state index in [4.69, 9.17) is 9.47 Å². The molecule has 6 unspecified atom stereocenters. The summed E-state index contributed by atoms with van der Waals surface area (Å²) >= 11 is 0. The SMILES string of the molecule is CC.CCCCCCCCCCCCCCCCC(C=O)NC(=O)CCC(=O)OC1CCC2(C)C(=CCC3C4CC=C(c5cccnc5)C4(C)CC[C@@H]32)C1.COC(C)(C)C. The fraction of sp³-hybridized carbons (Fsp3) is 0.774. The van der Waals surface area contributed by atoms with E-state index in [1.165, 1.54) is 107 Å². The monoisotopic (exact) mass is 833 g/mol. The Balaban J connectivity index is 0.00000110. The lowest BCUT2D eigenvalue weighted by Gasteiger charge is -2.57. The van der Waals surface area contributed by atoms with E-state index < -0.39 is 6.04 Å². The molecule has 2 fully saturated rings. The Labute approximate surface area is 367 Å². The molecule has 1 aromatic rings. The minimum Gasteiger partial charge on any atom is -0.462 e. The van der Waals surface area contributed by atoms with Crippen molar-refractivity contribution >= 4 is 23.7 Å². The van der Waals surface area contributed by atoms with E-state index in [1.54, 1.807) is 7.11 Å². The third-order valence-electron chi connectivity index (χ3n) is 14.5. The predicted molar refractivity (Wildman–Crippen MR) is 249 cm³/mol. The van der Waals surface area contributed by atoms with Crippen LogP contribution < -0.4 is 5.32 Å². The van der Waals surface area contributed by atoms with Crippen LogP contribution in [0.3, 0.4) is 0 Å². The van der Waals surface area contributed by atoms with Crippen molar-refractivity contribution in [3.63, 3.8) is 0 Å². The van der Waals surface area contributed by atoms with Gasteiger partial charge >= 0.3 is 5.97 Å². The molecule has 1 aromatic heterocycles. The number of allylic oxidation sites excluding steroid dienone is 3. The zero-order chi connectivity index (χ0) is 44.0. The first-order valence-electron chi connectivity index (χ1n) is 24.6. The number of nitrogens with zero attached hydrogens (tertiary/aromatic N) is 1. The summed E-state index contributed by atoms with van der Waals surface area (Å²) in [5, 5.41) is 2.84. The average Bonchev–Trinajstić information content (AvgIpc) is 3.61. The Morgan fingerprint density at radius 2 is 1.45 bits per heavy atom. The van der Waals surface area contributed by atoms with Gasteiger partial charge in [-0.05, 0) is 112 Å². The van der Waals surface area contributed by atoms with Crippen LogP contribution in [0.5, 0.6) is 0 Å². The summed E-state index contributed by atoms with van der Waals surface area (Å²) in [6.07, 6.45) is 36.0. The molecular formula is C53H88N2O5. The second-order valence-corrected chi connectivity index (χ2v) is 19.7. The highest BCUT2D eigenvalue weighted by Gasteiger charge is 2.57. The Hall–Kier alpha value is -2.80. The molecule has 0 bridgehead atoms. The molecule has 0 spiro atoms. The lowest BCUT2D eigenvalue weighted by Crippen LogP contribution is -2.50. The number of aldehydes is 1. The molecule has 0 aromatic carbocycles. The summed E-state index contributed by atoms with van der Waals surface area (Å²) in [5.41, 5.74) is 4.69. The smallest absolute Gasteiger partial charge is 0.306 e. The van der Waals surface area contributed by atoms with Crippen molar-refractivity contribution in [2.24, 2.45) is 28.6 Å². The fourth-order valence-corrected chi connectivity index (χ4v) is 10.7. The quantitative estimate of drug-likeness (QED) is 0.0541. The molecule has 1 amide bonds. The van der Waals surface area contributed by atoms with Crippen LogP contribution in [-0.2, 0) is 23.9 Å². The maximum Gasteiger partial charge on any atom is 0.306 e. The van der Waals surface area contributed by atoms with Gasteiger partial charge in [-0.3, -0.25) is 14.6 Å². The number of carbonyl (C=O) groups is 3. The molecule has 7 nitrogen and oxygen atoms in total. The van der Waals surface area contributed by atoms with Crippen LogP contribution in [-0.4, -0.2) is 48.0 Å². The van der Waals surface area contributed by atoms with E-state index in [0.29, 0.717) is 24.2 Å². The first kappa shape index (κ1) is 51.5. The van der Waals surface area contributed by atoms with E-state index in [9.17, 15) is 14.4 Å².